The molecule has 0 radical (unpaired) electrons. The highest BCUT2D eigenvalue weighted by Crippen LogP contribution is 2.19. The molecule has 0 saturated carbocycles. The van der Waals surface area contributed by atoms with Gasteiger partial charge in [0, 0.05) is 18.2 Å². The van der Waals surface area contributed by atoms with Crippen LogP contribution in [0.4, 0.5) is 5.82 Å². The van der Waals surface area contributed by atoms with Crippen LogP contribution in [-0.4, -0.2) is 20.2 Å². The summed E-state index contributed by atoms with van der Waals surface area (Å²) in [5.74, 6) is 2.25. The Morgan fingerprint density at radius 1 is 1.29 bits per heavy atom. The quantitative estimate of drug-likeness (QED) is 0.652. The second-order valence-electron chi connectivity index (χ2n) is 3.45. The molecule has 2 aromatic rings. The van der Waals surface area contributed by atoms with E-state index >= 15 is 0 Å². The maximum atomic E-state index is 5.64. The van der Waals surface area contributed by atoms with Gasteiger partial charge in [-0.15, -0.1) is 10.2 Å². The molecule has 17 heavy (non-hydrogen) atoms. The van der Waals surface area contributed by atoms with Crippen molar-refractivity contribution in [3.63, 3.8) is 0 Å². The van der Waals surface area contributed by atoms with Crippen LogP contribution in [0.1, 0.15) is 24.4 Å². The number of hydrogen-bond acceptors (Lipinski definition) is 7. The lowest BCUT2D eigenvalue weighted by molar-refractivity contribution is 0.470. The Morgan fingerprint density at radius 3 is 2.71 bits per heavy atom. The summed E-state index contributed by atoms with van der Waals surface area (Å²) in [4.78, 5) is 8.37. The summed E-state index contributed by atoms with van der Waals surface area (Å²) in [6.45, 7) is 3.85. The summed E-state index contributed by atoms with van der Waals surface area (Å²) in [7, 11) is 0. The second kappa shape index (κ2) is 5.13. The second-order valence-corrected chi connectivity index (χ2v) is 4.39. The number of hydrogen-bond donors (Lipinski definition) is 1. The number of anilines is 1. The van der Waals surface area contributed by atoms with Crippen LogP contribution in [0.5, 0.6) is 0 Å². The fraction of sp³-hybridized carbons (Fsp3) is 0.400. The molecule has 2 aromatic heterocycles. The highest BCUT2D eigenvalue weighted by molar-refractivity contribution is 7.98. The van der Waals surface area contributed by atoms with Crippen molar-refractivity contribution < 1.29 is 4.42 Å². The summed E-state index contributed by atoms with van der Waals surface area (Å²) in [5, 5.41) is 8.43. The molecule has 6 nitrogen and oxygen atoms in total. The first-order chi connectivity index (χ1) is 8.17. The monoisotopic (exact) mass is 251 g/mol. The minimum absolute atomic E-state index is 0.472. The van der Waals surface area contributed by atoms with Gasteiger partial charge in [0.2, 0.25) is 11.8 Å². The molecule has 0 aromatic carbocycles. The minimum Gasteiger partial charge on any atom is -0.424 e. The maximum absolute atomic E-state index is 5.64. The van der Waals surface area contributed by atoms with Crippen LogP contribution in [-0.2, 0) is 12.2 Å². The number of aromatic nitrogens is 4. The largest absolute Gasteiger partial charge is 0.424 e. The van der Waals surface area contributed by atoms with Crippen LogP contribution in [0.2, 0.25) is 0 Å². The number of thioether (sulfide) groups is 1. The molecule has 90 valence electrons. The van der Waals surface area contributed by atoms with Gasteiger partial charge in [-0.3, -0.25) is 0 Å². The van der Waals surface area contributed by atoms with E-state index in [1.165, 1.54) is 11.8 Å². The molecule has 0 atom stereocenters. The van der Waals surface area contributed by atoms with Crippen LogP contribution < -0.4 is 5.73 Å². The Balaban J connectivity index is 2.01. The number of nitrogen functional groups attached to an aromatic ring is 1. The zero-order valence-electron chi connectivity index (χ0n) is 9.67. The molecular formula is C10H13N5OS. The molecule has 0 saturated heterocycles. The average Bonchev–Trinajstić information content (AvgIpc) is 2.73. The first-order valence-electron chi connectivity index (χ1n) is 5.22. The minimum atomic E-state index is 0.472. The maximum Gasteiger partial charge on any atom is 0.226 e. The summed E-state index contributed by atoms with van der Waals surface area (Å²) in [5.41, 5.74) is 6.49. The molecule has 0 fully saturated rings. The van der Waals surface area contributed by atoms with E-state index in [1.807, 2.05) is 13.8 Å². The van der Waals surface area contributed by atoms with Gasteiger partial charge in [-0.1, -0.05) is 18.7 Å². The molecule has 0 amide bonds. The highest BCUT2D eigenvalue weighted by Gasteiger charge is 2.07. The lowest BCUT2D eigenvalue weighted by atomic mass is 10.4. The van der Waals surface area contributed by atoms with E-state index in [2.05, 4.69) is 20.2 Å². The first-order valence-corrected chi connectivity index (χ1v) is 6.21. The topological polar surface area (TPSA) is 90.7 Å². The van der Waals surface area contributed by atoms with Gasteiger partial charge in [0.1, 0.15) is 5.82 Å². The van der Waals surface area contributed by atoms with Crippen molar-refractivity contribution in [3.8, 4) is 0 Å². The summed E-state index contributed by atoms with van der Waals surface area (Å²) in [6, 6.07) is 1.73. The molecule has 0 bridgehead atoms. The summed E-state index contributed by atoms with van der Waals surface area (Å²) in [6.07, 6.45) is 0.742. The number of nitrogens with two attached hydrogens (primary N) is 1. The Morgan fingerprint density at radius 2 is 2.06 bits per heavy atom. The van der Waals surface area contributed by atoms with Gasteiger partial charge in [-0.25, -0.2) is 9.97 Å². The van der Waals surface area contributed by atoms with E-state index in [0.717, 1.165) is 12.1 Å². The lowest BCUT2D eigenvalue weighted by Crippen LogP contribution is -1.96. The van der Waals surface area contributed by atoms with E-state index in [4.69, 9.17) is 10.2 Å². The molecule has 2 rings (SSSR count). The van der Waals surface area contributed by atoms with Gasteiger partial charge in [0.15, 0.2) is 5.16 Å². The fourth-order valence-electron chi connectivity index (χ4n) is 1.25. The van der Waals surface area contributed by atoms with Crippen molar-refractivity contribution in [3.05, 3.63) is 23.5 Å². The van der Waals surface area contributed by atoms with Gasteiger partial charge < -0.3 is 10.2 Å². The van der Waals surface area contributed by atoms with Crippen molar-refractivity contribution in [2.24, 2.45) is 0 Å². The zero-order chi connectivity index (χ0) is 12.3. The third-order valence-electron chi connectivity index (χ3n) is 1.99. The van der Waals surface area contributed by atoms with Crippen molar-refractivity contribution in [1.82, 2.24) is 20.2 Å². The molecule has 2 heterocycles. The van der Waals surface area contributed by atoms with Gasteiger partial charge in [0.25, 0.3) is 0 Å². The van der Waals surface area contributed by atoms with Crippen LogP contribution in [0.15, 0.2) is 15.6 Å². The van der Waals surface area contributed by atoms with Gasteiger partial charge >= 0.3 is 0 Å². The normalized spacial score (nSPS) is 10.7. The van der Waals surface area contributed by atoms with Crippen LogP contribution in [0.25, 0.3) is 0 Å². The van der Waals surface area contributed by atoms with Gasteiger partial charge in [-0.2, -0.15) is 0 Å². The molecule has 0 aliphatic heterocycles. The Labute approximate surface area is 103 Å². The molecule has 7 heteroatoms. The van der Waals surface area contributed by atoms with Crippen molar-refractivity contribution in [2.75, 3.05) is 5.73 Å². The lowest BCUT2D eigenvalue weighted by Gasteiger charge is -2.00. The van der Waals surface area contributed by atoms with Gasteiger partial charge in [0.05, 0.1) is 5.75 Å². The number of aryl methyl sites for hydroxylation is 2. The number of nitrogens with zero attached hydrogens (tertiary/aromatic N) is 4. The van der Waals surface area contributed by atoms with E-state index < -0.39 is 0 Å². The predicted molar refractivity (Wildman–Crippen MR) is 64.4 cm³/mol. The van der Waals surface area contributed by atoms with Crippen molar-refractivity contribution in [2.45, 2.75) is 31.2 Å². The number of rotatable bonds is 4. The van der Waals surface area contributed by atoms with Crippen molar-refractivity contribution >= 4 is 17.6 Å². The molecule has 0 spiro atoms. The smallest absolute Gasteiger partial charge is 0.226 e. The van der Waals surface area contributed by atoms with Crippen LogP contribution in [0, 0.1) is 6.92 Å². The summed E-state index contributed by atoms with van der Waals surface area (Å²) < 4.78 is 5.39. The standard InChI is InChI=1S/C10H13N5OS/c1-3-8-14-15-9(16-8)5-17-10-12-6(2)4-7(11)13-10/h4H,3,5H2,1-2H3,(H2,11,12,13). The average molecular weight is 251 g/mol. The SMILES string of the molecule is CCc1nnc(CSc2nc(C)cc(N)n2)o1. The zero-order valence-corrected chi connectivity index (χ0v) is 10.5. The molecule has 0 aliphatic carbocycles. The van der Waals surface area contributed by atoms with E-state index in [-0.39, 0.29) is 0 Å². The molecule has 2 N–H and O–H groups in total. The van der Waals surface area contributed by atoms with Crippen LogP contribution >= 0.6 is 11.8 Å². The highest BCUT2D eigenvalue weighted by atomic mass is 32.2. The predicted octanol–water partition coefficient (Wildman–Crippen LogP) is 1.60. The Bertz CT molecular complexity index is 493. The van der Waals surface area contributed by atoms with Gasteiger partial charge in [-0.05, 0) is 6.92 Å². The molecule has 0 unspecified atom stereocenters. The Hall–Kier alpha value is -1.63. The van der Waals surface area contributed by atoms with Crippen LogP contribution in [0.3, 0.4) is 0 Å². The molecular weight excluding hydrogens is 238 g/mol. The van der Waals surface area contributed by atoms with E-state index in [1.54, 1.807) is 6.07 Å². The van der Waals surface area contributed by atoms with E-state index in [9.17, 15) is 0 Å². The first kappa shape index (κ1) is 11.8. The van der Waals surface area contributed by atoms with E-state index in [0.29, 0.717) is 28.5 Å². The third kappa shape index (κ3) is 3.16. The Kier molecular flexibility index (Phi) is 3.58. The fourth-order valence-corrected chi connectivity index (χ4v) is 1.99. The van der Waals surface area contributed by atoms with Crippen molar-refractivity contribution in [1.29, 1.82) is 0 Å². The molecule has 0 aliphatic rings. The third-order valence-corrected chi connectivity index (χ3v) is 2.82. The summed E-state index contributed by atoms with van der Waals surface area (Å²) >= 11 is 1.43.